The van der Waals surface area contributed by atoms with Crippen LogP contribution in [-0.2, 0) is 0 Å². The third kappa shape index (κ3) is 2.11. The third-order valence-corrected chi connectivity index (χ3v) is 3.08. The summed E-state index contributed by atoms with van der Waals surface area (Å²) in [6.07, 6.45) is 3.80. The van der Waals surface area contributed by atoms with Gasteiger partial charge in [0.25, 0.3) is 0 Å². The summed E-state index contributed by atoms with van der Waals surface area (Å²) < 4.78 is 0. The van der Waals surface area contributed by atoms with E-state index >= 15 is 0 Å². The van der Waals surface area contributed by atoms with E-state index < -0.39 is 0 Å². The molecule has 2 nitrogen and oxygen atoms in total. The minimum Gasteiger partial charge on any atom is -0.371 e. The SMILES string of the molecule is C=CC1=C(C=C)N(c2ccccc2)CCN1C. The molecule has 0 radical (unpaired) electrons. The molecule has 0 saturated heterocycles. The first-order valence-corrected chi connectivity index (χ1v) is 5.81. The van der Waals surface area contributed by atoms with E-state index in [1.165, 1.54) is 5.69 Å². The molecular weight excluding hydrogens is 208 g/mol. The van der Waals surface area contributed by atoms with Gasteiger partial charge in [0.15, 0.2) is 0 Å². The molecule has 2 rings (SSSR count). The fourth-order valence-corrected chi connectivity index (χ4v) is 2.18. The van der Waals surface area contributed by atoms with E-state index in [4.69, 9.17) is 0 Å². The van der Waals surface area contributed by atoms with Crippen LogP contribution in [0, 0.1) is 0 Å². The van der Waals surface area contributed by atoms with Crippen LogP contribution in [0.5, 0.6) is 0 Å². The van der Waals surface area contributed by atoms with E-state index in [-0.39, 0.29) is 0 Å². The Morgan fingerprint density at radius 3 is 2.24 bits per heavy atom. The maximum atomic E-state index is 3.92. The number of rotatable bonds is 3. The van der Waals surface area contributed by atoms with Crippen molar-refractivity contribution in [2.24, 2.45) is 0 Å². The van der Waals surface area contributed by atoms with Crippen LogP contribution in [0.1, 0.15) is 0 Å². The van der Waals surface area contributed by atoms with Crippen molar-refractivity contribution in [2.45, 2.75) is 0 Å². The summed E-state index contributed by atoms with van der Waals surface area (Å²) in [7, 11) is 2.09. The van der Waals surface area contributed by atoms with Gasteiger partial charge >= 0.3 is 0 Å². The largest absolute Gasteiger partial charge is 0.371 e. The van der Waals surface area contributed by atoms with E-state index in [1.54, 1.807) is 0 Å². The Labute approximate surface area is 103 Å². The van der Waals surface area contributed by atoms with Crippen LogP contribution < -0.4 is 4.90 Å². The van der Waals surface area contributed by atoms with Crippen LogP contribution in [0.4, 0.5) is 5.69 Å². The molecule has 0 bridgehead atoms. The zero-order chi connectivity index (χ0) is 12.3. The summed E-state index contributed by atoms with van der Waals surface area (Å²) >= 11 is 0. The van der Waals surface area contributed by atoms with E-state index in [1.807, 2.05) is 18.2 Å². The smallest absolute Gasteiger partial charge is 0.0642 e. The van der Waals surface area contributed by atoms with Crippen molar-refractivity contribution in [3.8, 4) is 0 Å². The summed E-state index contributed by atoms with van der Waals surface area (Å²) in [5, 5.41) is 0. The van der Waals surface area contributed by atoms with Crippen LogP contribution in [-0.4, -0.2) is 25.0 Å². The highest BCUT2D eigenvalue weighted by atomic mass is 15.2. The van der Waals surface area contributed by atoms with Gasteiger partial charge in [-0.1, -0.05) is 31.4 Å². The van der Waals surface area contributed by atoms with Crippen LogP contribution in [0.25, 0.3) is 0 Å². The standard InChI is InChI=1S/C15H18N2/c1-4-14-15(5-2)17(12-11-16(14)3)13-9-7-6-8-10-13/h4-10H,1-2,11-12H2,3H3. The second kappa shape index (κ2) is 4.91. The molecule has 0 atom stereocenters. The van der Waals surface area contributed by atoms with Crippen molar-refractivity contribution < 1.29 is 0 Å². The number of benzene rings is 1. The number of hydrogen-bond acceptors (Lipinski definition) is 2. The van der Waals surface area contributed by atoms with Gasteiger partial charge in [-0.15, -0.1) is 0 Å². The monoisotopic (exact) mass is 226 g/mol. The van der Waals surface area contributed by atoms with Gasteiger partial charge in [0, 0.05) is 25.8 Å². The van der Waals surface area contributed by atoms with Gasteiger partial charge in [-0.3, -0.25) is 0 Å². The Kier molecular flexibility index (Phi) is 3.33. The zero-order valence-corrected chi connectivity index (χ0v) is 10.3. The molecule has 17 heavy (non-hydrogen) atoms. The van der Waals surface area contributed by atoms with E-state index in [2.05, 4.69) is 54.3 Å². The first-order chi connectivity index (χ1) is 8.27. The lowest BCUT2D eigenvalue weighted by Gasteiger charge is -2.37. The van der Waals surface area contributed by atoms with Gasteiger partial charge in [0.2, 0.25) is 0 Å². The van der Waals surface area contributed by atoms with Crippen molar-refractivity contribution in [1.82, 2.24) is 4.90 Å². The average Bonchev–Trinajstić information content (AvgIpc) is 2.39. The van der Waals surface area contributed by atoms with Crippen molar-refractivity contribution in [3.05, 3.63) is 67.0 Å². The Balaban J connectivity index is 2.45. The lowest BCUT2D eigenvalue weighted by atomic mass is 10.1. The summed E-state index contributed by atoms with van der Waals surface area (Å²) in [5.74, 6) is 0. The molecule has 1 aromatic rings. The Hall–Kier alpha value is -1.96. The van der Waals surface area contributed by atoms with Crippen LogP contribution >= 0.6 is 0 Å². The van der Waals surface area contributed by atoms with Crippen molar-refractivity contribution in [3.63, 3.8) is 0 Å². The van der Waals surface area contributed by atoms with Crippen LogP contribution in [0.3, 0.4) is 0 Å². The fourth-order valence-electron chi connectivity index (χ4n) is 2.18. The third-order valence-electron chi connectivity index (χ3n) is 3.08. The molecule has 0 spiro atoms. The summed E-state index contributed by atoms with van der Waals surface area (Å²) in [6, 6.07) is 10.4. The number of allylic oxidation sites excluding steroid dienone is 2. The molecule has 0 aromatic heterocycles. The molecule has 2 heteroatoms. The molecule has 0 N–H and O–H groups in total. The maximum absolute atomic E-state index is 3.92. The number of para-hydroxylation sites is 1. The molecule has 0 saturated carbocycles. The van der Waals surface area contributed by atoms with E-state index in [0.29, 0.717) is 0 Å². The summed E-state index contributed by atoms with van der Waals surface area (Å²) in [4.78, 5) is 4.49. The lowest BCUT2D eigenvalue weighted by Crippen LogP contribution is -2.39. The van der Waals surface area contributed by atoms with Crippen molar-refractivity contribution in [1.29, 1.82) is 0 Å². The molecule has 0 aliphatic carbocycles. The highest BCUT2D eigenvalue weighted by Gasteiger charge is 2.20. The molecule has 0 amide bonds. The second-order valence-corrected chi connectivity index (χ2v) is 4.09. The molecule has 0 unspecified atom stereocenters. The van der Waals surface area contributed by atoms with Gasteiger partial charge < -0.3 is 9.80 Å². The van der Waals surface area contributed by atoms with Gasteiger partial charge in [0.1, 0.15) is 0 Å². The Bertz CT molecular complexity index is 445. The van der Waals surface area contributed by atoms with Crippen molar-refractivity contribution in [2.75, 3.05) is 25.0 Å². The Morgan fingerprint density at radius 1 is 1.00 bits per heavy atom. The molecule has 1 aliphatic heterocycles. The predicted molar refractivity (Wildman–Crippen MR) is 73.8 cm³/mol. The number of hydrogen-bond donors (Lipinski definition) is 0. The number of likely N-dealkylation sites (N-methyl/N-ethyl adjacent to an activating group) is 1. The average molecular weight is 226 g/mol. The fraction of sp³-hybridized carbons (Fsp3) is 0.200. The minimum absolute atomic E-state index is 0.971. The summed E-state index contributed by atoms with van der Waals surface area (Å²) in [5.41, 5.74) is 3.46. The predicted octanol–water partition coefficient (Wildman–Crippen LogP) is 3.02. The zero-order valence-electron chi connectivity index (χ0n) is 10.3. The van der Waals surface area contributed by atoms with Crippen molar-refractivity contribution >= 4 is 5.69 Å². The van der Waals surface area contributed by atoms with Crippen LogP contribution in [0.15, 0.2) is 67.0 Å². The molecule has 1 heterocycles. The van der Waals surface area contributed by atoms with Gasteiger partial charge in [0.05, 0.1) is 11.4 Å². The van der Waals surface area contributed by atoms with Crippen LogP contribution in [0.2, 0.25) is 0 Å². The quantitative estimate of drug-likeness (QED) is 0.781. The molecule has 88 valence electrons. The summed E-state index contributed by atoms with van der Waals surface area (Å²) in [6.45, 7) is 9.77. The first kappa shape index (κ1) is 11.5. The van der Waals surface area contributed by atoms with Gasteiger partial charge in [-0.2, -0.15) is 0 Å². The highest BCUT2D eigenvalue weighted by Crippen LogP contribution is 2.26. The molecule has 1 aliphatic rings. The first-order valence-electron chi connectivity index (χ1n) is 5.81. The number of anilines is 1. The molecular formula is C15H18N2. The normalized spacial score (nSPS) is 16.1. The van der Waals surface area contributed by atoms with E-state index in [0.717, 1.165) is 24.5 Å². The Morgan fingerprint density at radius 2 is 1.65 bits per heavy atom. The molecule has 1 aromatic carbocycles. The molecule has 0 fully saturated rings. The lowest BCUT2D eigenvalue weighted by molar-refractivity contribution is 0.414. The topological polar surface area (TPSA) is 6.48 Å². The minimum atomic E-state index is 0.971. The maximum Gasteiger partial charge on any atom is 0.0642 e. The number of nitrogens with zero attached hydrogens (tertiary/aromatic N) is 2. The second-order valence-electron chi connectivity index (χ2n) is 4.09. The highest BCUT2D eigenvalue weighted by molar-refractivity contribution is 5.57. The van der Waals surface area contributed by atoms with Gasteiger partial charge in [-0.25, -0.2) is 0 Å². The van der Waals surface area contributed by atoms with E-state index in [9.17, 15) is 0 Å². The van der Waals surface area contributed by atoms with Gasteiger partial charge in [-0.05, 0) is 24.3 Å².